The lowest BCUT2D eigenvalue weighted by Crippen LogP contribution is -2.39. The second-order valence-electron chi connectivity index (χ2n) is 6.82. The standard InChI is InChI=1S/C18H34N4.HI/c1-19-18(20-12-8-16-6-4-3-5-7-16)21-13-9-17-10-14-22(2)15-11-17;/h6,17H,3-5,7-15H2,1-2H3,(H2,19,20,21);1H. The van der Waals surface area contributed by atoms with Crippen molar-refractivity contribution < 1.29 is 0 Å². The maximum atomic E-state index is 4.33. The van der Waals surface area contributed by atoms with Crippen LogP contribution in [0.2, 0.25) is 0 Å². The lowest BCUT2D eigenvalue weighted by atomic mass is 9.94. The van der Waals surface area contributed by atoms with Gasteiger partial charge in [-0.2, -0.15) is 0 Å². The molecular weight excluding hydrogens is 399 g/mol. The summed E-state index contributed by atoms with van der Waals surface area (Å²) in [5, 5.41) is 6.92. The zero-order valence-corrected chi connectivity index (χ0v) is 17.3. The SMILES string of the molecule is CN=C(NCCC1=CCCCC1)NCCC1CCN(C)CC1.I. The molecule has 0 saturated carbocycles. The number of nitrogens with one attached hydrogen (secondary N) is 2. The lowest BCUT2D eigenvalue weighted by molar-refractivity contribution is 0.213. The van der Waals surface area contributed by atoms with Crippen LogP contribution in [-0.2, 0) is 0 Å². The number of hydrogen-bond acceptors (Lipinski definition) is 2. The smallest absolute Gasteiger partial charge is 0.190 e. The molecule has 0 unspecified atom stereocenters. The Labute approximate surface area is 159 Å². The molecule has 0 bridgehead atoms. The van der Waals surface area contributed by atoms with Crippen molar-refractivity contribution in [3.63, 3.8) is 0 Å². The van der Waals surface area contributed by atoms with Crippen LogP contribution in [0.1, 0.15) is 51.4 Å². The minimum absolute atomic E-state index is 0. The third-order valence-electron chi connectivity index (χ3n) is 5.03. The molecule has 1 saturated heterocycles. The summed E-state index contributed by atoms with van der Waals surface area (Å²) in [6.07, 6.45) is 12.9. The first-order valence-corrected chi connectivity index (χ1v) is 9.09. The van der Waals surface area contributed by atoms with E-state index < -0.39 is 0 Å². The molecule has 4 nitrogen and oxygen atoms in total. The van der Waals surface area contributed by atoms with Crippen LogP contribution in [0, 0.1) is 5.92 Å². The summed E-state index contributed by atoms with van der Waals surface area (Å²) < 4.78 is 0. The fourth-order valence-corrected chi connectivity index (χ4v) is 3.44. The van der Waals surface area contributed by atoms with Crippen molar-refractivity contribution in [1.29, 1.82) is 0 Å². The fraction of sp³-hybridized carbons (Fsp3) is 0.833. The van der Waals surface area contributed by atoms with Gasteiger partial charge < -0.3 is 15.5 Å². The van der Waals surface area contributed by atoms with Crippen LogP contribution in [0.5, 0.6) is 0 Å². The second-order valence-corrected chi connectivity index (χ2v) is 6.82. The summed E-state index contributed by atoms with van der Waals surface area (Å²) in [7, 11) is 4.09. The van der Waals surface area contributed by atoms with E-state index in [-0.39, 0.29) is 24.0 Å². The Morgan fingerprint density at radius 3 is 2.61 bits per heavy atom. The van der Waals surface area contributed by atoms with E-state index in [2.05, 4.69) is 33.6 Å². The average molecular weight is 434 g/mol. The van der Waals surface area contributed by atoms with Gasteiger partial charge in [-0.05, 0) is 77.4 Å². The van der Waals surface area contributed by atoms with E-state index in [4.69, 9.17) is 0 Å². The molecule has 0 aromatic carbocycles. The van der Waals surface area contributed by atoms with E-state index >= 15 is 0 Å². The Kier molecular flexibility index (Phi) is 10.9. The highest BCUT2D eigenvalue weighted by Crippen LogP contribution is 2.19. The minimum Gasteiger partial charge on any atom is -0.356 e. The number of likely N-dealkylation sites (tertiary alicyclic amines) is 1. The van der Waals surface area contributed by atoms with Gasteiger partial charge in [0.05, 0.1) is 0 Å². The van der Waals surface area contributed by atoms with Crippen LogP contribution in [0.25, 0.3) is 0 Å². The molecule has 2 aliphatic rings. The quantitative estimate of drug-likeness (QED) is 0.291. The minimum atomic E-state index is 0. The van der Waals surface area contributed by atoms with Crippen molar-refractivity contribution in [2.75, 3.05) is 40.3 Å². The summed E-state index contributed by atoms with van der Waals surface area (Å²) in [5.74, 6) is 1.85. The molecule has 23 heavy (non-hydrogen) atoms. The molecule has 0 radical (unpaired) electrons. The zero-order chi connectivity index (χ0) is 15.6. The third-order valence-corrected chi connectivity index (χ3v) is 5.03. The first-order chi connectivity index (χ1) is 10.8. The van der Waals surface area contributed by atoms with Crippen LogP contribution in [0.3, 0.4) is 0 Å². The van der Waals surface area contributed by atoms with E-state index in [1.165, 1.54) is 58.0 Å². The van der Waals surface area contributed by atoms with Gasteiger partial charge in [-0.25, -0.2) is 0 Å². The van der Waals surface area contributed by atoms with Crippen molar-refractivity contribution in [2.45, 2.75) is 51.4 Å². The number of halogens is 1. The highest BCUT2D eigenvalue weighted by atomic mass is 127. The topological polar surface area (TPSA) is 39.7 Å². The molecule has 1 fully saturated rings. The highest BCUT2D eigenvalue weighted by molar-refractivity contribution is 14.0. The van der Waals surface area contributed by atoms with E-state index in [1.807, 2.05) is 7.05 Å². The van der Waals surface area contributed by atoms with Gasteiger partial charge in [-0.3, -0.25) is 4.99 Å². The molecule has 1 aliphatic heterocycles. The number of rotatable bonds is 6. The number of guanidine groups is 1. The molecule has 0 atom stereocenters. The average Bonchev–Trinajstić information content (AvgIpc) is 2.56. The predicted molar refractivity (Wildman–Crippen MR) is 111 cm³/mol. The van der Waals surface area contributed by atoms with Gasteiger partial charge in [0, 0.05) is 20.1 Å². The van der Waals surface area contributed by atoms with Gasteiger partial charge in [-0.1, -0.05) is 11.6 Å². The summed E-state index contributed by atoms with van der Waals surface area (Å²) in [6.45, 7) is 4.55. The molecule has 2 rings (SSSR count). The molecule has 0 aromatic rings. The first-order valence-electron chi connectivity index (χ1n) is 9.09. The number of allylic oxidation sites excluding steroid dienone is 1. The molecule has 5 heteroatoms. The van der Waals surface area contributed by atoms with Gasteiger partial charge in [-0.15, -0.1) is 24.0 Å². The van der Waals surface area contributed by atoms with Crippen molar-refractivity contribution in [3.8, 4) is 0 Å². The van der Waals surface area contributed by atoms with E-state index in [0.29, 0.717) is 0 Å². The first kappa shape index (κ1) is 20.7. The summed E-state index contributed by atoms with van der Waals surface area (Å²) in [6, 6.07) is 0. The Hall–Kier alpha value is -0.300. The van der Waals surface area contributed by atoms with Gasteiger partial charge >= 0.3 is 0 Å². The fourth-order valence-electron chi connectivity index (χ4n) is 3.44. The van der Waals surface area contributed by atoms with Gasteiger partial charge in [0.2, 0.25) is 0 Å². The number of hydrogen-bond donors (Lipinski definition) is 2. The van der Waals surface area contributed by atoms with Gasteiger partial charge in [0.15, 0.2) is 5.96 Å². The van der Waals surface area contributed by atoms with E-state index in [9.17, 15) is 0 Å². The predicted octanol–water partition coefficient (Wildman–Crippen LogP) is 3.39. The number of nitrogens with zero attached hydrogens (tertiary/aromatic N) is 2. The molecule has 1 aliphatic carbocycles. The van der Waals surface area contributed by atoms with Crippen LogP contribution in [-0.4, -0.2) is 51.1 Å². The molecule has 0 amide bonds. The van der Waals surface area contributed by atoms with Crippen molar-refractivity contribution in [2.24, 2.45) is 10.9 Å². The zero-order valence-electron chi connectivity index (χ0n) is 14.9. The van der Waals surface area contributed by atoms with Crippen LogP contribution in [0.4, 0.5) is 0 Å². The van der Waals surface area contributed by atoms with Crippen molar-refractivity contribution in [3.05, 3.63) is 11.6 Å². The number of piperidine rings is 1. The van der Waals surface area contributed by atoms with Crippen LogP contribution >= 0.6 is 24.0 Å². The Bertz CT molecular complexity index is 373. The van der Waals surface area contributed by atoms with Gasteiger partial charge in [0.1, 0.15) is 0 Å². The maximum absolute atomic E-state index is 4.33. The summed E-state index contributed by atoms with van der Waals surface area (Å²) >= 11 is 0. The van der Waals surface area contributed by atoms with Crippen LogP contribution in [0.15, 0.2) is 16.6 Å². The highest BCUT2D eigenvalue weighted by Gasteiger charge is 2.16. The maximum Gasteiger partial charge on any atom is 0.190 e. The van der Waals surface area contributed by atoms with Crippen molar-refractivity contribution in [1.82, 2.24) is 15.5 Å². The summed E-state index contributed by atoms with van der Waals surface area (Å²) in [4.78, 5) is 6.77. The monoisotopic (exact) mass is 434 g/mol. The molecule has 134 valence electrons. The normalized spacial score (nSPS) is 20.6. The van der Waals surface area contributed by atoms with Crippen LogP contribution < -0.4 is 10.6 Å². The Morgan fingerprint density at radius 2 is 1.96 bits per heavy atom. The molecular formula is C18H35IN4. The molecule has 0 aromatic heterocycles. The molecule has 2 N–H and O–H groups in total. The Morgan fingerprint density at radius 1 is 1.22 bits per heavy atom. The molecule has 0 spiro atoms. The molecule has 1 heterocycles. The van der Waals surface area contributed by atoms with Crippen molar-refractivity contribution >= 4 is 29.9 Å². The second kappa shape index (κ2) is 12.1. The lowest BCUT2D eigenvalue weighted by Gasteiger charge is -2.29. The largest absolute Gasteiger partial charge is 0.356 e. The Balaban J connectivity index is 0.00000264. The third kappa shape index (κ3) is 8.38. The van der Waals surface area contributed by atoms with E-state index in [1.54, 1.807) is 5.57 Å². The number of aliphatic imine (C=N–C) groups is 1. The summed E-state index contributed by atoms with van der Waals surface area (Å²) in [5.41, 5.74) is 1.63. The van der Waals surface area contributed by atoms with E-state index in [0.717, 1.165) is 31.4 Å². The van der Waals surface area contributed by atoms with Gasteiger partial charge in [0.25, 0.3) is 0 Å².